The Morgan fingerprint density at radius 3 is 2.44 bits per heavy atom. The van der Waals surface area contributed by atoms with Crippen LogP contribution in [0.3, 0.4) is 0 Å². The van der Waals surface area contributed by atoms with Crippen molar-refractivity contribution >= 4 is 6.03 Å². The average molecular weight is 237 g/mol. The third-order valence-electron chi connectivity index (χ3n) is 1.79. The van der Waals surface area contributed by atoms with E-state index in [4.69, 9.17) is 5.26 Å². The van der Waals surface area contributed by atoms with Gasteiger partial charge in [-0.1, -0.05) is 0 Å². The van der Waals surface area contributed by atoms with Crippen LogP contribution in [0.4, 0.5) is 18.0 Å². The quantitative estimate of drug-likeness (QED) is 0.811. The van der Waals surface area contributed by atoms with Crippen molar-refractivity contribution in [1.82, 2.24) is 10.2 Å². The summed E-state index contributed by atoms with van der Waals surface area (Å²) in [5.74, 6) is 0. The van der Waals surface area contributed by atoms with E-state index in [1.54, 1.807) is 19.2 Å². The molecule has 0 atom stereocenters. The Hall–Kier alpha value is -1.45. The fourth-order valence-electron chi connectivity index (χ4n) is 1.04. The summed E-state index contributed by atoms with van der Waals surface area (Å²) in [6, 6.07) is 0.785. The summed E-state index contributed by atoms with van der Waals surface area (Å²) in [5, 5.41) is 10.1. The van der Waals surface area contributed by atoms with Gasteiger partial charge in [0.05, 0.1) is 12.5 Å². The lowest BCUT2D eigenvalue weighted by Gasteiger charge is -2.26. The van der Waals surface area contributed by atoms with E-state index >= 15 is 0 Å². The van der Waals surface area contributed by atoms with Crippen LogP contribution in [0.5, 0.6) is 0 Å². The van der Waals surface area contributed by atoms with Gasteiger partial charge in [0, 0.05) is 12.6 Å². The first kappa shape index (κ1) is 14.6. The molecule has 0 saturated carbocycles. The molecular weight excluding hydrogens is 223 g/mol. The predicted octanol–water partition coefficient (Wildman–Crippen LogP) is 1.88. The van der Waals surface area contributed by atoms with E-state index in [0.717, 1.165) is 0 Å². The van der Waals surface area contributed by atoms with Gasteiger partial charge >= 0.3 is 12.2 Å². The molecule has 0 aromatic rings. The fourth-order valence-corrected chi connectivity index (χ4v) is 1.04. The molecule has 0 aliphatic carbocycles. The first-order valence-electron chi connectivity index (χ1n) is 4.76. The van der Waals surface area contributed by atoms with Crippen LogP contribution >= 0.6 is 0 Å². The molecule has 0 unspecified atom stereocenters. The molecule has 0 heterocycles. The Morgan fingerprint density at radius 2 is 2.06 bits per heavy atom. The Labute approximate surface area is 92.0 Å². The summed E-state index contributed by atoms with van der Waals surface area (Å²) in [6.07, 6.45) is -4.33. The number of nitrogens with zero attached hydrogens (tertiary/aromatic N) is 2. The summed E-state index contributed by atoms with van der Waals surface area (Å²) in [4.78, 5) is 12.5. The maximum Gasteiger partial charge on any atom is 0.405 e. The normalized spacial score (nSPS) is 11.1. The molecule has 0 saturated heterocycles. The van der Waals surface area contributed by atoms with E-state index in [-0.39, 0.29) is 19.0 Å². The molecule has 0 fully saturated rings. The SMILES string of the molecule is CC(C)N(CCC#N)C(=O)NCC(F)(F)F. The van der Waals surface area contributed by atoms with Gasteiger partial charge in [0.2, 0.25) is 0 Å². The van der Waals surface area contributed by atoms with Gasteiger partial charge in [-0.15, -0.1) is 0 Å². The molecule has 0 aromatic carbocycles. The van der Waals surface area contributed by atoms with Crippen molar-refractivity contribution in [2.45, 2.75) is 32.5 Å². The van der Waals surface area contributed by atoms with Crippen molar-refractivity contribution in [2.24, 2.45) is 0 Å². The van der Waals surface area contributed by atoms with Crippen molar-refractivity contribution in [3.05, 3.63) is 0 Å². The number of rotatable bonds is 4. The standard InChI is InChI=1S/C9H14F3N3O/c1-7(2)15(5-3-4-13)8(16)14-6-9(10,11)12/h7H,3,5-6H2,1-2H3,(H,14,16). The summed E-state index contributed by atoms with van der Waals surface area (Å²) < 4.78 is 35.5. The molecule has 16 heavy (non-hydrogen) atoms. The van der Waals surface area contributed by atoms with Crippen LogP contribution in [0.2, 0.25) is 0 Å². The van der Waals surface area contributed by atoms with E-state index in [1.807, 2.05) is 6.07 Å². The minimum absolute atomic E-state index is 0.0949. The largest absolute Gasteiger partial charge is 0.405 e. The zero-order chi connectivity index (χ0) is 12.8. The number of hydrogen-bond donors (Lipinski definition) is 1. The highest BCUT2D eigenvalue weighted by molar-refractivity contribution is 5.74. The second kappa shape index (κ2) is 6.20. The first-order valence-corrected chi connectivity index (χ1v) is 4.76. The molecule has 1 N–H and O–H groups in total. The van der Waals surface area contributed by atoms with Crippen LogP contribution in [-0.2, 0) is 0 Å². The van der Waals surface area contributed by atoms with Gasteiger partial charge in [-0.2, -0.15) is 18.4 Å². The van der Waals surface area contributed by atoms with Crippen LogP contribution in [0.25, 0.3) is 0 Å². The fraction of sp³-hybridized carbons (Fsp3) is 0.778. The topological polar surface area (TPSA) is 56.1 Å². The molecule has 92 valence electrons. The lowest BCUT2D eigenvalue weighted by Crippen LogP contribution is -2.47. The number of alkyl halides is 3. The van der Waals surface area contributed by atoms with E-state index in [1.165, 1.54) is 4.90 Å². The lowest BCUT2D eigenvalue weighted by molar-refractivity contribution is -0.123. The number of carbonyl (C=O) groups is 1. The number of carbonyl (C=O) groups excluding carboxylic acids is 1. The highest BCUT2D eigenvalue weighted by Gasteiger charge is 2.29. The molecule has 2 amide bonds. The van der Waals surface area contributed by atoms with Crippen LogP contribution in [0.1, 0.15) is 20.3 Å². The Balaban J connectivity index is 4.24. The van der Waals surface area contributed by atoms with Crippen molar-refractivity contribution in [1.29, 1.82) is 5.26 Å². The maximum absolute atomic E-state index is 11.8. The lowest BCUT2D eigenvalue weighted by atomic mass is 10.3. The summed E-state index contributed by atoms with van der Waals surface area (Å²) in [5.41, 5.74) is 0. The molecule has 0 bridgehead atoms. The van der Waals surface area contributed by atoms with E-state index in [2.05, 4.69) is 0 Å². The van der Waals surface area contributed by atoms with E-state index in [0.29, 0.717) is 0 Å². The highest BCUT2D eigenvalue weighted by atomic mass is 19.4. The molecule has 0 spiro atoms. The van der Waals surface area contributed by atoms with E-state index < -0.39 is 18.8 Å². The molecular formula is C9H14F3N3O. The number of halogens is 3. The zero-order valence-corrected chi connectivity index (χ0v) is 9.14. The summed E-state index contributed by atoms with van der Waals surface area (Å²) >= 11 is 0. The van der Waals surface area contributed by atoms with Gasteiger partial charge in [0.1, 0.15) is 6.54 Å². The zero-order valence-electron chi connectivity index (χ0n) is 9.14. The number of amides is 2. The molecule has 7 heteroatoms. The number of nitriles is 1. The van der Waals surface area contributed by atoms with Gasteiger partial charge in [0.25, 0.3) is 0 Å². The number of nitrogens with one attached hydrogen (secondary N) is 1. The van der Waals surface area contributed by atoms with Gasteiger partial charge < -0.3 is 10.2 Å². The summed E-state index contributed by atoms with van der Waals surface area (Å²) in [7, 11) is 0. The minimum Gasteiger partial charge on any atom is -0.329 e. The minimum atomic E-state index is -4.42. The average Bonchev–Trinajstić information content (AvgIpc) is 2.13. The third kappa shape index (κ3) is 6.11. The van der Waals surface area contributed by atoms with Crippen molar-refractivity contribution < 1.29 is 18.0 Å². The number of hydrogen-bond acceptors (Lipinski definition) is 2. The van der Waals surface area contributed by atoms with E-state index in [9.17, 15) is 18.0 Å². The Morgan fingerprint density at radius 1 is 1.50 bits per heavy atom. The number of urea groups is 1. The molecule has 0 aliphatic heterocycles. The molecule has 0 aromatic heterocycles. The predicted molar refractivity (Wildman–Crippen MR) is 51.5 cm³/mol. The Bertz CT molecular complexity index is 270. The summed E-state index contributed by atoms with van der Waals surface area (Å²) in [6.45, 7) is 2.11. The highest BCUT2D eigenvalue weighted by Crippen LogP contribution is 2.12. The maximum atomic E-state index is 11.8. The molecule has 0 rings (SSSR count). The Kier molecular flexibility index (Phi) is 5.64. The van der Waals surface area contributed by atoms with Crippen LogP contribution in [0, 0.1) is 11.3 Å². The first-order chi connectivity index (χ1) is 7.28. The molecule has 0 radical (unpaired) electrons. The van der Waals surface area contributed by atoms with Crippen LogP contribution in [-0.4, -0.2) is 36.2 Å². The van der Waals surface area contributed by atoms with Crippen molar-refractivity contribution in [3.8, 4) is 6.07 Å². The van der Waals surface area contributed by atoms with Gasteiger partial charge in [-0.3, -0.25) is 0 Å². The third-order valence-corrected chi connectivity index (χ3v) is 1.79. The van der Waals surface area contributed by atoms with Crippen molar-refractivity contribution in [2.75, 3.05) is 13.1 Å². The smallest absolute Gasteiger partial charge is 0.329 e. The van der Waals surface area contributed by atoms with Crippen LogP contribution in [0.15, 0.2) is 0 Å². The van der Waals surface area contributed by atoms with Gasteiger partial charge in [0.15, 0.2) is 0 Å². The second-order valence-corrected chi connectivity index (χ2v) is 3.47. The van der Waals surface area contributed by atoms with Gasteiger partial charge in [-0.25, -0.2) is 4.79 Å². The second-order valence-electron chi connectivity index (χ2n) is 3.47. The van der Waals surface area contributed by atoms with Crippen molar-refractivity contribution in [3.63, 3.8) is 0 Å². The molecule has 0 aliphatic rings. The van der Waals surface area contributed by atoms with Crippen LogP contribution < -0.4 is 5.32 Å². The monoisotopic (exact) mass is 237 g/mol. The van der Waals surface area contributed by atoms with Gasteiger partial charge in [-0.05, 0) is 13.8 Å². The molecule has 4 nitrogen and oxygen atoms in total.